The van der Waals surface area contributed by atoms with Gasteiger partial charge in [-0.2, -0.15) is 0 Å². The molecule has 178 valence electrons. The summed E-state index contributed by atoms with van der Waals surface area (Å²) in [5.41, 5.74) is 11.2. The summed E-state index contributed by atoms with van der Waals surface area (Å²) in [6.45, 7) is 13.5. The van der Waals surface area contributed by atoms with Crippen molar-refractivity contribution in [1.82, 2.24) is 9.88 Å². The number of carbonyl (C=O) groups excluding carboxylic acids is 1. The Hall–Kier alpha value is -2.44. The number of nitrogens with two attached hydrogens (primary N) is 1. The zero-order chi connectivity index (χ0) is 24.0. The first-order valence-corrected chi connectivity index (χ1v) is 12.1. The maximum absolute atomic E-state index is 12.4. The zero-order valence-electron chi connectivity index (χ0n) is 20.6. The first-order valence-electron chi connectivity index (χ1n) is 12.1. The topological polar surface area (TPSA) is 82.7 Å². The smallest absolute Gasteiger partial charge is 0.242 e. The summed E-state index contributed by atoms with van der Waals surface area (Å²) in [5, 5.41) is 9.63. The minimum Gasteiger partial charge on any atom is -0.391 e. The van der Waals surface area contributed by atoms with Gasteiger partial charge in [0.05, 0.1) is 11.8 Å². The third-order valence-corrected chi connectivity index (χ3v) is 7.60. The second kappa shape index (κ2) is 8.73. The monoisotopic (exact) mass is 450 g/mol. The van der Waals surface area contributed by atoms with Crippen molar-refractivity contribution < 1.29 is 9.90 Å². The molecular formula is C27H38N4O2. The lowest BCUT2D eigenvalue weighted by Gasteiger charge is -2.42. The number of amides is 1. The van der Waals surface area contributed by atoms with Crippen LogP contribution in [0.5, 0.6) is 0 Å². The Labute approximate surface area is 197 Å². The standard InChI is InChI=1S/C27H38N4O2/c1-18(32)24(28)25(33)31-15-13-30(14-16-31)23-8-6-7-22(29-23)19-9-10-20-21(17-19)27(4,5)12-11-26(20,2)3/h6-10,17-18,24,32H,11-16,28H2,1-5H3/t18-,24+/m1/s1. The molecule has 6 nitrogen and oxygen atoms in total. The van der Waals surface area contributed by atoms with Crippen molar-refractivity contribution >= 4 is 11.7 Å². The average Bonchev–Trinajstić information content (AvgIpc) is 2.81. The van der Waals surface area contributed by atoms with Gasteiger partial charge in [0.15, 0.2) is 0 Å². The van der Waals surface area contributed by atoms with Crippen molar-refractivity contribution in [2.45, 2.75) is 70.4 Å². The molecule has 0 radical (unpaired) electrons. The van der Waals surface area contributed by atoms with E-state index in [0.29, 0.717) is 26.2 Å². The van der Waals surface area contributed by atoms with E-state index in [1.807, 2.05) is 6.07 Å². The maximum Gasteiger partial charge on any atom is 0.242 e. The molecule has 2 aromatic rings. The maximum atomic E-state index is 12.4. The number of piperazine rings is 1. The van der Waals surface area contributed by atoms with Gasteiger partial charge < -0.3 is 20.6 Å². The first kappa shape index (κ1) is 23.7. The first-order chi connectivity index (χ1) is 15.5. The Morgan fingerprint density at radius 1 is 1.00 bits per heavy atom. The van der Waals surface area contributed by atoms with Gasteiger partial charge in [0.2, 0.25) is 5.91 Å². The highest BCUT2D eigenvalue weighted by Crippen LogP contribution is 2.46. The molecule has 2 aliphatic rings. The van der Waals surface area contributed by atoms with Gasteiger partial charge >= 0.3 is 0 Å². The van der Waals surface area contributed by atoms with E-state index >= 15 is 0 Å². The van der Waals surface area contributed by atoms with E-state index in [0.717, 1.165) is 17.1 Å². The highest BCUT2D eigenvalue weighted by atomic mass is 16.3. The quantitative estimate of drug-likeness (QED) is 0.746. The van der Waals surface area contributed by atoms with Crippen LogP contribution in [0.2, 0.25) is 0 Å². The van der Waals surface area contributed by atoms with Crippen LogP contribution in [0.4, 0.5) is 5.82 Å². The van der Waals surface area contributed by atoms with Gasteiger partial charge in [-0.05, 0) is 59.9 Å². The molecule has 0 saturated carbocycles. The normalized spacial score (nSPS) is 21.3. The number of aliphatic hydroxyl groups is 1. The summed E-state index contributed by atoms with van der Waals surface area (Å²) in [4.78, 5) is 21.4. The molecule has 2 atom stereocenters. The minimum atomic E-state index is -0.865. The van der Waals surface area contributed by atoms with Crippen molar-refractivity contribution in [3.05, 3.63) is 47.5 Å². The Kier molecular flexibility index (Phi) is 6.27. The molecule has 4 rings (SSSR count). The second-order valence-electron chi connectivity index (χ2n) is 11.0. The fraction of sp³-hybridized carbons (Fsp3) is 0.556. The fourth-order valence-corrected chi connectivity index (χ4v) is 5.08. The Bertz CT molecular complexity index is 1020. The number of aromatic nitrogens is 1. The van der Waals surface area contributed by atoms with Gasteiger partial charge in [0, 0.05) is 31.7 Å². The van der Waals surface area contributed by atoms with Crippen LogP contribution >= 0.6 is 0 Å². The molecule has 1 fully saturated rings. The molecule has 0 spiro atoms. The second-order valence-corrected chi connectivity index (χ2v) is 11.0. The van der Waals surface area contributed by atoms with E-state index in [1.54, 1.807) is 11.8 Å². The van der Waals surface area contributed by atoms with Gasteiger partial charge in [-0.25, -0.2) is 4.98 Å². The number of rotatable bonds is 4. The van der Waals surface area contributed by atoms with Crippen molar-refractivity contribution in [2.24, 2.45) is 5.73 Å². The molecule has 1 aromatic carbocycles. The van der Waals surface area contributed by atoms with Gasteiger partial charge in [-0.15, -0.1) is 0 Å². The number of anilines is 1. The highest BCUT2D eigenvalue weighted by molar-refractivity contribution is 5.82. The van der Waals surface area contributed by atoms with Gasteiger partial charge in [0.25, 0.3) is 0 Å². The number of carbonyl (C=O) groups is 1. The minimum absolute atomic E-state index is 0.161. The van der Waals surface area contributed by atoms with Crippen LogP contribution in [0.25, 0.3) is 11.3 Å². The number of benzene rings is 1. The largest absolute Gasteiger partial charge is 0.391 e. The predicted molar refractivity (Wildman–Crippen MR) is 133 cm³/mol. The summed E-state index contributed by atoms with van der Waals surface area (Å²) in [5.74, 6) is 0.739. The van der Waals surface area contributed by atoms with Gasteiger partial charge in [-0.3, -0.25) is 4.79 Å². The summed E-state index contributed by atoms with van der Waals surface area (Å²) < 4.78 is 0. The van der Waals surface area contributed by atoms with Crippen molar-refractivity contribution in [3.63, 3.8) is 0 Å². The van der Waals surface area contributed by atoms with Crippen LogP contribution in [0.15, 0.2) is 36.4 Å². The summed E-state index contributed by atoms with van der Waals surface area (Å²) >= 11 is 0. The van der Waals surface area contributed by atoms with E-state index in [4.69, 9.17) is 10.7 Å². The Balaban J connectivity index is 1.54. The van der Waals surface area contributed by atoms with Crippen LogP contribution in [0.3, 0.4) is 0 Å². The molecule has 1 amide bonds. The molecule has 3 N–H and O–H groups in total. The molecule has 2 heterocycles. The molecule has 1 aromatic heterocycles. The molecule has 1 saturated heterocycles. The molecule has 33 heavy (non-hydrogen) atoms. The fourth-order valence-electron chi connectivity index (χ4n) is 5.08. The van der Waals surface area contributed by atoms with Gasteiger partial charge in [0.1, 0.15) is 11.9 Å². The third-order valence-electron chi connectivity index (χ3n) is 7.60. The Morgan fingerprint density at radius 3 is 2.27 bits per heavy atom. The molecule has 6 heteroatoms. The summed E-state index contributed by atoms with van der Waals surface area (Å²) in [6.07, 6.45) is 1.54. The number of aliphatic hydroxyl groups excluding tert-OH is 1. The zero-order valence-corrected chi connectivity index (χ0v) is 20.6. The Morgan fingerprint density at radius 2 is 1.64 bits per heavy atom. The molecular weight excluding hydrogens is 412 g/mol. The SMILES string of the molecule is C[C@@H](O)[C@H](N)C(=O)N1CCN(c2cccc(-c3ccc4c(c3)C(C)(C)CCC4(C)C)n2)CC1. The lowest BCUT2D eigenvalue weighted by Crippen LogP contribution is -2.55. The predicted octanol–water partition coefficient (Wildman–Crippen LogP) is 3.45. The molecule has 0 unspecified atom stereocenters. The van der Waals surface area contributed by atoms with Crippen LogP contribution in [-0.4, -0.2) is 59.2 Å². The summed E-state index contributed by atoms with van der Waals surface area (Å²) in [7, 11) is 0. The van der Waals surface area contributed by atoms with E-state index in [1.165, 1.54) is 24.0 Å². The number of nitrogens with zero attached hydrogens (tertiary/aromatic N) is 3. The third kappa shape index (κ3) is 4.64. The number of pyridine rings is 1. The lowest BCUT2D eigenvalue weighted by atomic mass is 9.63. The van der Waals surface area contributed by atoms with Crippen molar-refractivity contribution in [2.75, 3.05) is 31.1 Å². The van der Waals surface area contributed by atoms with E-state index in [2.05, 4.69) is 62.9 Å². The number of fused-ring (bicyclic) bond motifs is 1. The summed E-state index contributed by atoms with van der Waals surface area (Å²) in [6, 6.07) is 12.2. The number of hydrogen-bond donors (Lipinski definition) is 2. The molecule has 1 aliphatic carbocycles. The van der Waals surface area contributed by atoms with Crippen LogP contribution in [0.1, 0.15) is 58.6 Å². The highest BCUT2D eigenvalue weighted by Gasteiger charge is 2.37. The number of hydrogen-bond acceptors (Lipinski definition) is 5. The van der Waals surface area contributed by atoms with Crippen LogP contribution in [0, 0.1) is 0 Å². The van der Waals surface area contributed by atoms with Crippen molar-refractivity contribution in [1.29, 1.82) is 0 Å². The van der Waals surface area contributed by atoms with E-state index in [-0.39, 0.29) is 16.7 Å². The molecule has 0 bridgehead atoms. The average molecular weight is 451 g/mol. The van der Waals surface area contributed by atoms with E-state index in [9.17, 15) is 9.90 Å². The van der Waals surface area contributed by atoms with Gasteiger partial charge in [-0.1, -0.05) is 45.9 Å². The van der Waals surface area contributed by atoms with Crippen LogP contribution in [-0.2, 0) is 15.6 Å². The van der Waals surface area contributed by atoms with Crippen molar-refractivity contribution in [3.8, 4) is 11.3 Å². The van der Waals surface area contributed by atoms with Crippen LogP contribution < -0.4 is 10.6 Å². The lowest BCUT2D eigenvalue weighted by molar-refractivity contribution is -0.135. The molecule has 1 aliphatic heterocycles. The van der Waals surface area contributed by atoms with E-state index < -0.39 is 12.1 Å².